The summed E-state index contributed by atoms with van der Waals surface area (Å²) in [5.74, 6) is 0. The van der Waals surface area contributed by atoms with E-state index in [2.05, 4.69) is 141 Å². The molecule has 7 rings (SSSR count). The Morgan fingerprint density at radius 2 is 0.630 bits per heavy atom. The van der Waals surface area contributed by atoms with Crippen LogP contribution in [0.1, 0.15) is 90.5 Å². The van der Waals surface area contributed by atoms with Gasteiger partial charge in [-0.2, -0.15) is 0 Å². The average molecular weight is 910 g/mol. The molecule has 4 aromatic carbocycles. The van der Waals surface area contributed by atoms with E-state index in [0.29, 0.717) is 0 Å². The highest BCUT2D eigenvalue weighted by molar-refractivity contribution is 9.10. The molecule has 3 saturated heterocycles. The highest BCUT2D eigenvalue weighted by Gasteiger charge is 2.63. The molecular formula is C43H58B3BrIO6-. The van der Waals surface area contributed by atoms with Crippen molar-refractivity contribution in [3.63, 3.8) is 0 Å². The quantitative estimate of drug-likeness (QED) is 0.155. The minimum atomic E-state index is -0.476. The predicted octanol–water partition coefficient (Wildman–Crippen LogP) is 7.66. The molecule has 3 heterocycles. The van der Waals surface area contributed by atoms with Crippen LogP contribution in [0.15, 0.2) is 114 Å². The number of hydrogen-bond donors (Lipinski definition) is 0. The summed E-state index contributed by atoms with van der Waals surface area (Å²) < 4.78 is 37.1. The number of rotatable bonds is 4. The van der Waals surface area contributed by atoms with Gasteiger partial charge in [0.2, 0.25) is 0 Å². The summed E-state index contributed by atoms with van der Waals surface area (Å²) in [5.41, 5.74) is 3.97. The summed E-state index contributed by atoms with van der Waals surface area (Å²) in [6.07, 6.45) is 0. The lowest BCUT2D eigenvalue weighted by atomic mass is 9.49. The Morgan fingerprint density at radius 3 is 0.944 bits per heavy atom. The van der Waals surface area contributed by atoms with Crippen LogP contribution in [0.2, 0.25) is 0 Å². The first-order chi connectivity index (χ1) is 24.1. The van der Waals surface area contributed by atoms with Crippen molar-refractivity contribution in [1.82, 2.24) is 0 Å². The Bertz CT molecular complexity index is 1690. The molecule has 0 saturated carbocycles. The molecule has 0 unspecified atom stereocenters. The van der Waals surface area contributed by atoms with E-state index in [0.717, 1.165) is 9.94 Å². The van der Waals surface area contributed by atoms with Crippen LogP contribution in [-0.2, 0) is 27.9 Å². The first-order valence-electron chi connectivity index (χ1n) is 18.2. The van der Waals surface area contributed by atoms with Gasteiger partial charge in [0.05, 0.1) is 33.6 Å². The maximum absolute atomic E-state index is 6.07. The third-order valence-corrected chi connectivity index (χ3v) is 11.8. The molecule has 0 spiro atoms. The molecule has 6 nitrogen and oxygen atoms in total. The first-order valence-corrected chi connectivity index (χ1v) is 19.0. The number of benzene rings is 4. The van der Waals surface area contributed by atoms with Gasteiger partial charge < -0.3 is 51.9 Å². The lowest BCUT2D eigenvalue weighted by Crippen LogP contribution is -3.00. The summed E-state index contributed by atoms with van der Waals surface area (Å²) >= 11 is 3.42. The first kappa shape index (κ1) is 46.4. The van der Waals surface area contributed by atoms with E-state index >= 15 is 0 Å². The smallest absolute Gasteiger partial charge is 0.494 e. The average Bonchev–Trinajstić information content (AvgIpc) is 3.55. The fraction of sp³-hybridized carbons (Fsp3) is 0.442. The second kappa shape index (κ2) is 17.7. The highest BCUT2D eigenvalue weighted by atomic mass is 127. The molecule has 0 amide bonds. The largest absolute Gasteiger partial charge is 1.00 e. The van der Waals surface area contributed by atoms with E-state index in [-0.39, 0.29) is 72.1 Å². The molecular weight excluding hydrogens is 852 g/mol. The van der Waals surface area contributed by atoms with Gasteiger partial charge in [-0.3, -0.25) is 0 Å². The fourth-order valence-corrected chi connectivity index (χ4v) is 5.98. The van der Waals surface area contributed by atoms with Gasteiger partial charge >= 0.3 is 21.1 Å². The molecule has 4 aromatic rings. The zero-order valence-corrected chi connectivity index (χ0v) is 37.1. The third-order valence-electron chi connectivity index (χ3n) is 11.3. The van der Waals surface area contributed by atoms with Gasteiger partial charge in [0.25, 0.3) is 0 Å². The van der Waals surface area contributed by atoms with Crippen LogP contribution in [0.4, 0.5) is 0 Å². The monoisotopic (exact) mass is 909 g/mol. The van der Waals surface area contributed by atoms with Crippen LogP contribution < -0.4 is 29.4 Å². The molecule has 11 heteroatoms. The summed E-state index contributed by atoms with van der Waals surface area (Å²) in [5, 5.41) is 0. The van der Waals surface area contributed by atoms with E-state index in [1.807, 2.05) is 67.5 Å². The number of halogens is 2. The molecule has 0 N–H and O–H groups in total. The van der Waals surface area contributed by atoms with Gasteiger partial charge in [0.1, 0.15) is 0 Å². The van der Waals surface area contributed by atoms with Crippen molar-refractivity contribution in [3.8, 4) is 22.3 Å². The van der Waals surface area contributed by atoms with Crippen molar-refractivity contribution in [3.05, 3.63) is 114 Å². The van der Waals surface area contributed by atoms with Gasteiger partial charge in [0.15, 0.2) is 0 Å². The van der Waals surface area contributed by atoms with Crippen molar-refractivity contribution in [2.45, 2.75) is 124 Å². The Hall–Kier alpha value is -1.96. The molecule has 0 aromatic heterocycles. The second-order valence-corrected chi connectivity index (χ2v) is 17.6. The van der Waals surface area contributed by atoms with Gasteiger partial charge in [-0.25, -0.2) is 0 Å². The standard InChI is InChI=1S/C18H21BO2.C12H24B2O4.C12H9Br.CH4.HI/c1-17(2)18(3,4)21-19(20-17)16-12-10-15(11-13-16)14-8-6-5-7-9-14;1-9(2)10(3,4)16-13(15-9)14-17-11(5,6)12(7,8)18-14;13-12-8-6-11(7-9-12)10-4-2-1-3-5-10;;/h5-13H,1-4H3;1-8H3;1-9H;1H4;1H/p-1. The Morgan fingerprint density at radius 1 is 0.370 bits per heavy atom. The van der Waals surface area contributed by atoms with Crippen LogP contribution in [-0.4, -0.2) is 54.7 Å². The molecule has 54 heavy (non-hydrogen) atoms. The Labute approximate surface area is 352 Å². The van der Waals surface area contributed by atoms with Crippen LogP contribution in [0, 0.1) is 0 Å². The lowest BCUT2D eigenvalue weighted by Gasteiger charge is -2.32. The fourth-order valence-electron chi connectivity index (χ4n) is 5.71. The molecule has 0 atom stereocenters. The van der Waals surface area contributed by atoms with Crippen molar-refractivity contribution in [2.24, 2.45) is 0 Å². The van der Waals surface area contributed by atoms with E-state index in [4.69, 9.17) is 27.9 Å². The summed E-state index contributed by atoms with van der Waals surface area (Å²) in [7, 11) is -1.24. The van der Waals surface area contributed by atoms with Gasteiger partial charge in [-0.05, 0) is 123 Å². The van der Waals surface area contributed by atoms with Crippen molar-refractivity contribution in [1.29, 1.82) is 0 Å². The highest BCUT2D eigenvalue weighted by Crippen LogP contribution is 2.43. The van der Waals surface area contributed by atoms with Gasteiger partial charge in [0, 0.05) is 4.47 Å². The zero-order chi connectivity index (χ0) is 38.2. The third kappa shape index (κ3) is 10.5. The Kier molecular flexibility index (Phi) is 15.2. The lowest BCUT2D eigenvalue weighted by molar-refractivity contribution is -0.0000187. The summed E-state index contributed by atoms with van der Waals surface area (Å²) in [6.45, 7) is 24.5. The predicted molar refractivity (Wildman–Crippen MR) is 226 cm³/mol. The molecule has 3 aliphatic rings. The van der Waals surface area contributed by atoms with Crippen LogP contribution >= 0.6 is 15.9 Å². The van der Waals surface area contributed by atoms with Gasteiger partial charge in [-0.1, -0.05) is 120 Å². The normalized spacial score (nSPS) is 20.7. The molecule has 290 valence electrons. The minimum absolute atomic E-state index is 0. The SMILES string of the molecule is Brc1ccc(-c2ccccc2)cc1.C.CC1(C)OB(B2OC(C)(C)C(C)(C)O2)OC1(C)C.CC1(C)OB(c2ccc(-c3ccccc3)cc2)OC1(C)C.[I-]. The molecule has 0 bridgehead atoms. The Balaban J connectivity index is 0.000000219. The molecule has 0 aliphatic carbocycles. The maximum Gasteiger partial charge on any atom is 0.494 e. The zero-order valence-electron chi connectivity index (χ0n) is 33.3. The minimum Gasteiger partial charge on any atom is -1.00 e. The second-order valence-electron chi connectivity index (χ2n) is 16.7. The maximum atomic E-state index is 6.07. The van der Waals surface area contributed by atoms with E-state index < -0.39 is 14.0 Å². The summed E-state index contributed by atoms with van der Waals surface area (Å²) in [4.78, 5) is 0. The van der Waals surface area contributed by atoms with Crippen LogP contribution in [0.25, 0.3) is 22.3 Å². The van der Waals surface area contributed by atoms with Gasteiger partial charge in [-0.15, -0.1) is 0 Å². The molecule has 0 radical (unpaired) electrons. The van der Waals surface area contributed by atoms with Crippen LogP contribution in [0.3, 0.4) is 0 Å². The van der Waals surface area contributed by atoms with Crippen LogP contribution in [0.5, 0.6) is 0 Å². The molecule has 3 fully saturated rings. The van der Waals surface area contributed by atoms with E-state index in [9.17, 15) is 0 Å². The van der Waals surface area contributed by atoms with Crippen molar-refractivity contribution >= 4 is 42.5 Å². The topological polar surface area (TPSA) is 55.4 Å². The summed E-state index contributed by atoms with van der Waals surface area (Å²) in [6, 6.07) is 37.5. The van der Waals surface area contributed by atoms with Crippen molar-refractivity contribution < 1.29 is 51.9 Å². The van der Waals surface area contributed by atoms with E-state index in [1.165, 1.54) is 22.3 Å². The molecule has 3 aliphatic heterocycles. The number of hydrogen-bond acceptors (Lipinski definition) is 6. The van der Waals surface area contributed by atoms with E-state index in [1.54, 1.807) is 0 Å². The van der Waals surface area contributed by atoms with Crippen molar-refractivity contribution in [2.75, 3.05) is 0 Å².